The summed E-state index contributed by atoms with van der Waals surface area (Å²) in [4.78, 5) is 2.15. The number of hydrogen-bond donors (Lipinski definition) is 0. The van der Waals surface area contributed by atoms with Gasteiger partial charge in [0.1, 0.15) is 12.4 Å². The van der Waals surface area contributed by atoms with Crippen LogP contribution in [0.5, 0.6) is 5.75 Å². The van der Waals surface area contributed by atoms with Crippen LogP contribution >= 0.6 is 0 Å². The van der Waals surface area contributed by atoms with Crippen molar-refractivity contribution in [3.05, 3.63) is 77.7 Å². The minimum Gasteiger partial charge on any atom is -0.492 e. The Hall–Kier alpha value is -2.11. The maximum absolute atomic E-state index is 11.7. The largest absolute Gasteiger partial charge is 0.492 e. The number of nitrogens with zero attached hydrogens (tertiary/aromatic N) is 1. The van der Waals surface area contributed by atoms with Gasteiger partial charge in [-0.15, -0.1) is 0 Å². The fourth-order valence-corrected chi connectivity index (χ4v) is 4.09. The van der Waals surface area contributed by atoms with Crippen molar-refractivity contribution in [3.8, 4) is 5.75 Å². The summed E-state index contributed by atoms with van der Waals surface area (Å²) in [6.45, 7) is 1.87. The van der Waals surface area contributed by atoms with E-state index in [9.17, 15) is 8.42 Å². The van der Waals surface area contributed by atoms with Gasteiger partial charge in [0.05, 0.1) is 5.75 Å². The highest BCUT2D eigenvalue weighted by atomic mass is 32.2. The molecule has 2 aromatic carbocycles. The molecule has 1 atom stereocenters. The molecule has 0 spiro atoms. The van der Waals surface area contributed by atoms with Gasteiger partial charge in [-0.05, 0) is 17.7 Å². The lowest BCUT2D eigenvalue weighted by Gasteiger charge is -2.27. The zero-order valence-electron chi connectivity index (χ0n) is 13.4. The van der Waals surface area contributed by atoms with Gasteiger partial charge in [0.15, 0.2) is 9.84 Å². The molecule has 3 rings (SSSR count). The first-order valence-electron chi connectivity index (χ1n) is 7.99. The van der Waals surface area contributed by atoms with Crippen molar-refractivity contribution in [2.24, 2.45) is 0 Å². The lowest BCUT2D eigenvalue weighted by atomic mass is 10.2. The van der Waals surface area contributed by atoms with Gasteiger partial charge in [0, 0.05) is 24.5 Å². The smallest absolute Gasteiger partial charge is 0.173 e. The zero-order valence-corrected chi connectivity index (χ0v) is 14.2. The second-order valence-electron chi connectivity index (χ2n) is 5.84. The molecule has 0 aliphatic carbocycles. The van der Waals surface area contributed by atoms with Crippen molar-refractivity contribution in [1.82, 2.24) is 4.90 Å². The first-order valence-corrected chi connectivity index (χ1v) is 9.71. The first-order chi connectivity index (χ1) is 11.6. The van der Waals surface area contributed by atoms with E-state index in [2.05, 4.69) is 17.0 Å². The third-order valence-corrected chi connectivity index (χ3v) is 5.38. The molecular weight excluding hydrogens is 322 g/mol. The molecule has 0 fully saturated rings. The minimum atomic E-state index is -3.07. The molecule has 0 amide bonds. The number of sulfone groups is 1. The number of ether oxygens (including phenoxy) is 1. The van der Waals surface area contributed by atoms with Crippen molar-refractivity contribution in [2.75, 3.05) is 18.9 Å². The fourth-order valence-electron chi connectivity index (χ4n) is 2.76. The van der Waals surface area contributed by atoms with Gasteiger partial charge in [-0.25, -0.2) is 8.42 Å². The Labute approximate surface area is 143 Å². The summed E-state index contributed by atoms with van der Waals surface area (Å²) >= 11 is 0. The van der Waals surface area contributed by atoms with Crippen LogP contribution in [0.2, 0.25) is 0 Å². The lowest BCUT2D eigenvalue weighted by Crippen LogP contribution is -2.38. The predicted octanol–water partition coefficient (Wildman–Crippen LogP) is 2.88. The van der Waals surface area contributed by atoms with E-state index < -0.39 is 9.84 Å². The van der Waals surface area contributed by atoms with Crippen molar-refractivity contribution in [2.45, 2.75) is 12.6 Å². The quantitative estimate of drug-likeness (QED) is 0.775. The van der Waals surface area contributed by atoms with Crippen molar-refractivity contribution < 1.29 is 13.2 Å². The Kier molecular flexibility index (Phi) is 5.33. The van der Waals surface area contributed by atoms with E-state index in [0.29, 0.717) is 19.7 Å². The summed E-state index contributed by atoms with van der Waals surface area (Å²) in [6, 6.07) is 19.6. The lowest BCUT2D eigenvalue weighted by molar-refractivity contribution is 0.184. The SMILES string of the molecule is O=S1(=O)C=C[C@@H](N(CCOc2ccccc2)Cc2ccccc2)C1. The highest BCUT2D eigenvalue weighted by molar-refractivity contribution is 7.94. The average molecular weight is 343 g/mol. The summed E-state index contributed by atoms with van der Waals surface area (Å²) in [7, 11) is -3.07. The third-order valence-electron chi connectivity index (χ3n) is 4.00. The van der Waals surface area contributed by atoms with E-state index in [1.165, 1.54) is 5.41 Å². The highest BCUT2D eigenvalue weighted by Gasteiger charge is 2.27. The summed E-state index contributed by atoms with van der Waals surface area (Å²) in [5, 5.41) is 1.33. The molecule has 0 saturated heterocycles. The number of benzene rings is 2. The predicted molar refractivity (Wildman–Crippen MR) is 95.5 cm³/mol. The maximum atomic E-state index is 11.7. The molecule has 0 N–H and O–H groups in total. The fraction of sp³-hybridized carbons (Fsp3) is 0.263. The van der Waals surface area contributed by atoms with E-state index in [4.69, 9.17) is 4.74 Å². The number of hydrogen-bond acceptors (Lipinski definition) is 4. The van der Waals surface area contributed by atoms with Crippen LogP contribution < -0.4 is 4.74 Å². The van der Waals surface area contributed by atoms with Crippen molar-refractivity contribution >= 4 is 9.84 Å². The molecule has 0 aromatic heterocycles. The Morgan fingerprint density at radius 2 is 1.67 bits per heavy atom. The van der Waals surface area contributed by atoms with E-state index in [-0.39, 0.29) is 11.8 Å². The zero-order chi connectivity index (χ0) is 16.8. The van der Waals surface area contributed by atoms with Crippen LogP contribution in [-0.4, -0.2) is 38.3 Å². The molecule has 5 heteroatoms. The van der Waals surface area contributed by atoms with Crippen LogP contribution in [-0.2, 0) is 16.4 Å². The average Bonchev–Trinajstić information content (AvgIpc) is 2.96. The van der Waals surface area contributed by atoms with Crippen LogP contribution in [0.25, 0.3) is 0 Å². The summed E-state index contributed by atoms with van der Waals surface area (Å²) in [6.07, 6.45) is 1.78. The van der Waals surface area contributed by atoms with Crippen LogP contribution in [0.3, 0.4) is 0 Å². The molecule has 1 aliphatic rings. The van der Waals surface area contributed by atoms with E-state index in [1.807, 2.05) is 48.5 Å². The molecule has 0 bridgehead atoms. The van der Waals surface area contributed by atoms with Crippen molar-refractivity contribution in [3.63, 3.8) is 0 Å². The molecule has 24 heavy (non-hydrogen) atoms. The normalized spacial score (nSPS) is 18.8. The van der Waals surface area contributed by atoms with Gasteiger partial charge in [-0.1, -0.05) is 54.6 Å². The van der Waals surface area contributed by atoms with E-state index >= 15 is 0 Å². The second-order valence-corrected chi connectivity index (χ2v) is 7.77. The Morgan fingerprint density at radius 1 is 1.00 bits per heavy atom. The maximum Gasteiger partial charge on any atom is 0.173 e. The van der Waals surface area contributed by atoms with E-state index in [0.717, 1.165) is 11.3 Å². The van der Waals surface area contributed by atoms with Crippen LogP contribution in [0.1, 0.15) is 5.56 Å². The Morgan fingerprint density at radius 3 is 2.29 bits per heavy atom. The van der Waals surface area contributed by atoms with E-state index in [1.54, 1.807) is 6.08 Å². The molecule has 1 heterocycles. The molecule has 4 nitrogen and oxygen atoms in total. The first kappa shape index (κ1) is 16.7. The molecule has 0 unspecified atom stereocenters. The molecule has 0 radical (unpaired) electrons. The number of para-hydroxylation sites is 1. The third kappa shape index (κ3) is 4.69. The summed E-state index contributed by atoms with van der Waals surface area (Å²) in [5.74, 6) is 0.970. The van der Waals surface area contributed by atoms with Crippen molar-refractivity contribution in [1.29, 1.82) is 0 Å². The van der Waals surface area contributed by atoms with Crippen LogP contribution in [0.4, 0.5) is 0 Å². The van der Waals surface area contributed by atoms with Gasteiger partial charge in [-0.3, -0.25) is 4.90 Å². The molecular formula is C19H21NO3S. The molecule has 1 aliphatic heterocycles. The van der Waals surface area contributed by atoms with Gasteiger partial charge in [0.25, 0.3) is 0 Å². The minimum absolute atomic E-state index is 0.102. The highest BCUT2D eigenvalue weighted by Crippen LogP contribution is 2.18. The summed E-state index contributed by atoms with van der Waals surface area (Å²) < 4.78 is 29.3. The monoisotopic (exact) mass is 343 g/mol. The van der Waals surface area contributed by atoms with Crippen LogP contribution in [0, 0.1) is 0 Å². The van der Waals surface area contributed by atoms with Crippen LogP contribution in [0.15, 0.2) is 72.1 Å². The second kappa shape index (κ2) is 7.64. The summed E-state index contributed by atoms with van der Waals surface area (Å²) in [5.41, 5.74) is 1.16. The Bertz CT molecular complexity index is 773. The molecule has 0 saturated carbocycles. The molecule has 126 valence electrons. The number of rotatable bonds is 7. The van der Waals surface area contributed by atoms with Gasteiger partial charge < -0.3 is 4.74 Å². The van der Waals surface area contributed by atoms with Gasteiger partial charge >= 0.3 is 0 Å². The van der Waals surface area contributed by atoms with Gasteiger partial charge in [0.2, 0.25) is 0 Å². The Balaban J connectivity index is 1.64. The van der Waals surface area contributed by atoms with Gasteiger partial charge in [-0.2, -0.15) is 0 Å². The molecule has 2 aromatic rings. The standard InChI is InChI=1S/C19H21NO3S/c21-24(22)14-11-18(16-24)20(15-17-7-3-1-4-8-17)12-13-23-19-9-5-2-6-10-19/h1-11,14,18H,12-13,15-16H2/t18-/m1/s1. The topological polar surface area (TPSA) is 46.6 Å².